The lowest BCUT2D eigenvalue weighted by Crippen LogP contribution is -2.32. The molecule has 12 heteroatoms. The fraction of sp³-hybridized carbons (Fsp3) is 0.227. The molecule has 0 saturated carbocycles. The maximum atomic E-state index is 13.4. The summed E-state index contributed by atoms with van der Waals surface area (Å²) < 4.78 is 75.7. The molecule has 1 amide bonds. The highest BCUT2D eigenvalue weighted by molar-refractivity contribution is 5.92. The van der Waals surface area contributed by atoms with Crippen molar-refractivity contribution in [3.63, 3.8) is 0 Å². The number of alkyl halides is 5. The third-order valence-corrected chi connectivity index (χ3v) is 4.66. The van der Waals surface area contributed by atoms with E-state index in [0.29, 0.717) is 5.56 Å². The average molecular weight is 483 g/mol. The Labute approximate surface area is 189 Å². The molecule has 1 aromatic heterocycles. The Balaban J connectivity index is 1.90. The van der Waals surface area contributed by atoms with Crippen LogP contribution in [0.25, 0.3) is 5.69 Å². The van der Waals surface area contributed by atoms with Crippen molar-refractivity contribution in [1.29, 1.82) is 0 Å². The van der Waals surface area contributed by atoms with E-state index in [1.807, 2.05) is 0 Å². The summed E-state index contributed by atoms with van der Waals surface area (Å²) in [5, 5.41) is 6.26. The Bertz CT molecular complexity index is 1260. The predicted octanol–water partition coefficient (Wildman–Crippen LogP) is 4.10. The summed E-state index contributed by atoms with van der Waals surface area (Å²) in [6, 6.07) is 9.63. The van der Waals surface area contributed by atoms with E-state index in [1.54, 1.807) is 0 Å². The van der Waals surface area contributed by atoms with Gasteiger partial charge in [-0.1, -0.05) is 18.2 Å². The summed E-state index contributed by atoms with van der Waals surface area (Å²) in [5.41, 5.74) is -2.37. The second kappa shape index (κ2) is 9.89. The van der Waals surface area contributed by atoms with Gasteiger partial charge in [-0.05, 0) is 36.8 Å². The third kappa shape index (κ3) is 5.50. The second-order valence-corrected chi connectivity index (χ2v) is 6.97. The van der Waals surface area contributed by atoms with Crippen molar-refractivity contribution < 1.29 is 36.2 Å². The van der Waals surface area contributed by atoms with Gasteiger partial charge < -0.3 is 14.8 Å². The standard InChI is InChI=1S/C22H18F5N3O4/c1-12-9-16(31)19(29-30(12)15-6-4-3-5-14(15)22(25,26)27)20(32)28-11-13-7-8-17(33-2)18(10-13)34-21(23)24/h3-10,21H,11H2,1-2H3,(H,28,32). The predicted molar refractivity (Wildman–Crippen MR) is 110 cm³/mol. The van der Waals surface area contributed by atoms with Crippen LogP contribution in [-0.2, 0) is 12.7 Å². The van der Waals surface area contributed by atoms with E-state index in [9.17, 15) is 31.5 Å². The van der Waals surface area contributed by atoms with Crippen LogP contribution in [0.3, 0.4) is 0 Å². The van der Waals surface area contributed by atoms with E-state index in [-0.39, 0.29) is 29.4 Å². The van der Waals surface area contributed by atoms with Crippen LogP contribution >= 0.6 is 0 Å². The van der Waals surface area contributed by atoms with Gasteiger partial charge in [0.05, 0.1) is 18.4 Å². The first kappa shape index (κ1) is 24.7. The van der Waals surface area contributed by atoms with Gasteiger partial charge in [0.2, 0.25) is 5.43 Å². The number of methoxy groups -OCH3 is 1. The number of amides is 1. The number of nitrogens with zero attached hydrogens (tertiary/aromatic N) is 2. The van der Waals surface area contributed by atoms with Gasteiger partial charge >= 0.3 is 12.8 Å². The van der Waals surface area contributed by atoms with Gasteiger partial charge in [-0.3, -0.25) is 9.59 Å². The minimum atomic E-state index is -4.69. The summed E-state index contributed by atoms with van der Waals surface area (Å²) in [6.45, 7) is -1.93. The van der Waals surface area contributed by atoms with Crippen molar-refractivity contribution in [1.82, 2.24) is 15.1 Å². The zero-order valence-electron chi connectivity index (χ0n) is 17.8. The van der Waals surface area contributed by atoms with Crippen LogP contribution in [0.2, 0.25) is 0 Å². The van der Waals surface area contributed by atoms with E-state index in [4.69, 9.17) is 4.74 Å². The molecule has 7 nitrogen and oxygen atoms in total. The lowest BCUT2D eigenvalue weighted by Gasteiger charge is -2.16. The Hall–Kier alpha value is -3.96. The van der Waals surface area contributed by atoms with Gasteiger partial charge in [0, 0.05) is 18.3 Å². The van der Waals surface area contributed by atoms with E-state index in [2.05, 4.69) is 15.2 Å². The highest BCUT2D eigenvalue weighted by Crippen LogP contribution is 2.33. The summed E-state index contributed by atoms with van der Waals surface area (Å²) in [6.07, 6.45) is -4.69. The Morgan fingerprint density at radius 2 is 1.82 bits per heavy atom. The lowest BCUT2D eigenvalue weighted by molar-refractivity contribution is -0.137. The number of aromatic nitrogens is 2. The number of nitrogens with one attached hydrogen (secondary N) is 1. The highest BCUT2D eigenvalue weighted by Gasteiger charge is 2.34. The van der Waals surface area contributed by atoms with Crippen LogP contribution in [0.15, 0.2) is 53.3 Å². The molecule has 1 N–H and O–H groups in total. The smallest absolute Gasteiger partial charge is 0.418 e. The molecule has 0 unspecified atom stereocenters. The molecule has 0 aliphatic heterocycles. The lowest BCUT2D eigenvalue weighted by atomic mass is 10.1. The van der Waals surface area contributed by atoms with Gasteiger partial charge in [0.1, 0.15) is 0 Å². The van der Waals surface area contributed by atoms with E-state index in [1.165, 1.54) is 44.4 Å². The first-order valence-corrected chi connectivity index (χ1v) is 9.68. The first-order chi connectivity index (χ1) is 16.0. The van der Waals surface area contributed by atoms with Crippen LogP contribution in [0.1, 0.15) is 27.3 Å². The van der Waals surface area contributed by atoms with E-state index in [0.717, 1.165) is 22.9 Å². The molecule has 0 bridgehead atoms. The maximum Gasteiger partial charge on any atom is 0.418 e. The van der Waals surface area contributed by atoms with E-state index < -0.39 is 35.4 Å². The molecule has 3 rings (SSSR count). The number of carbonyl (C=O) groups excluding carboxylic acids is 1. The number of benzene rings is 2. The Kier molecular flexibility index (Phi) is 7.18. The Morgan fingerprint density at radius 3 is 2.47 bits per heavy atom. The topological polar surface area (TPSA) is 82.5 Å². The largest absolute Gasteiger partial charge is 0.493 e. The number of aryl methyl sites for hydroxylation is 1. The highest BCUT2D eigenvalue weighted by atomic mass is 19.4. The average Bonchev–Trinajstić information content (AvgIpc) is 2.77. The van der Waals surface area contributed by atoms with Crippen molar-refractivity contribution in [2.24, 2.45) is 0 Å². The van der Waals surface area contributed by atoms with Crippen molar-refractivity contribution in [3.8, 4) is 17.2 Å². The van der Waals surface area contributed by atoms with Gasteiger partial charge in [-0.2, -0.15) is 27.1 Å². The number of ether oxygens (including phenoxy) is 2. The third-order valence-electron chi connectivity index (χ3n) is 4.66. The molecule has 3 aromatic rings. The first-order valence-electron chi connectivity index (χ1n) is 9.68. The number of carbonyl (C=O) groups is 1. The van der Waals surface area contributed by atoms with Crippen LogP contribution in [0.5, 0.6) is 11.5 Å². The summed E-state index contributed by atoms with van der Waals surface area (Å²) >= 11 is 0. The molecule has 0 aliphatic carbocycles. The van der Waals surface area contributed by atoms with Crippen LogP contribution < -0.4 is 20.2 Å². The van der Waals surface area contributed by atoms with Crippen molar-refractivity contribution in [2.75, 3.05) is 7.11 Å². The molecule has 34 heavy (non-hydrogen) atoms. The fourth-order valence-electron chi connectivity index (χ4n) is 3.13. The fourth-order valence-corrected chi connectivity index (χ4v) is 3.13. The van der Waals surface area contributed by atoms with Crippen LogP contribution in [-0.4, -0.2) is 29.4 Å². The quantitative estimate of drug-likeness (QED) is 0.512. The van der Waals surface area contributed by atoms with Crippen LogP contribution in [0.4, 0.5) is 22.0 Å². The van der Waals surface area contributed by atoms with Gasteiger partial charge in [0.25, 0.3) is 5.91 Å². The minimum absolute atomic E-state index is 0.0433. The number of hydrogen-bond donors (Lipinski definition) is 1. The van der Waals surface area contributed by atoms with Gasteiger partial charge in [-0.15, -0.1) is 0 Å². The van der Waals surface area contributed by atoms with Gasteiger partial charge in [-0.25, -0.2) is 4.68 Å². The number of hydrogen-bond acceptors (Lipinski definition) is 5. The summed E-state index contributed by atoms with van der Waals surface area (Å²) in [4.78, 5) is 25.0. The van der Waals surface area contributed by atoms with Gasteiger partial charge in [0.15, 0.2) is 17.2 Å². The molecule has 180 valence electrons. The number of para-hydroxylation sites is 1. The maximum absolute atomic E-state index is 13.4. The van der Waals surface area contributed by atoms with E-state index >= 15 is 0 Å². The molecule has 2 aromatic carbocycles. The number of rotatable bonds is 7. The zero-order valence-corrected chi connectivity index (χ0v) is 17.8. The molecule has 0 radical (unpaired) electrons. The monoisotopic (exact) mass is 483 g/mol. The Morgan fingerprint density at radius 1 is 1.12 bits per heavy atom. The molecular weight excluding hydrogens is 465 g/mol. The second-order valence-electron chi connectivity index (χ2n) is 6.97. The SMILES string of the molecule is COc1ccc(CNC(=O)c2nn(-c3ccccc3C(F)(F)F)c(C)cc2=O)cc1OC(F)F. The molecule has 0 fully saturated rings. The molecule has 0 saturated heterocycles. The zero-order chi connectivity index (χ0) is 25.0. The van der Waals surface area contributed by atoms with Crippen molar-refractivity contribution in [3.05, 3.63) is 81.3 Å². The molecular formula is C22H18F5N3O4. The molecule has 0 spiro atoms. The minimum Gasteiger partial charge on any atom is -0.493 e. The summed E-state index contributed by atoms with van der Waals surface area (Å²) in [5.74, 6) is -1.18. The number of halogens is 5. The molecule has 1 heterocycles. The van der Waals surface area contributed by atoms with Crippen molar-refractivity contribution in [2.45, 2.75) is 26.3 Å². The van der Waals surface area contributed by atoms with Crippen LogP contribution in [0, 0.1) is 6.92 Å². The molecule has 0 atom stereocenters. The summed E-state index contributed by atoms with van der Waals surface area (Å²) in [7, 11) is 1.26. The normalized spacial score (nSPS) is 11.4. The molecule has 0 aliphatic rings. The van der Waals surface area contributed by atoms with Crippen molar-refractivity contribution >= 4 is 5.91 Å².